The molecule has 1 heterocycles. The summed E-state index contributed by atoms with van der Waals surface area (Å²) in [4.78, 5) is 21.4. The Labute approximate surface area is 104 Å². The summed E-state index contributed by atoms with van der Waals surface area (Å²) in [6, 6.07) is 5.59. The van der Waals surface area contributed by atoms with Crippen LogP contribution in [0.5, 0.6) is 11.5 Å². The van der Waals surface area contributed by atoms with Gasteiger partial charge < -0.3 is 20.5 Å². The molecule has 0 aliphatic carbocycles. The molecule has 18 heavy (non-hydrogen) atoms. The largest absolute Gasteiger partial charge is 0.486 e. The Kier molecular flexibility index (Phi) is 3.66. The van der Waals surface area contributed by atoms with Crippen LogP contribution in [0.1, 0.15) is 5.56 Å². The first-order valence-electron chi connectivity index (χ1n) is 5.63. The molecule has 1 aliphatic heterocycles. The lowest BCUT2D eigenvalue weighted by molar-refractivity contribution is -0.137. The number of hydrogen-bond donors (Lipinski definition) is 2. The van der Waals surface area contributed by atoms with E-state index in [2.05, 4.69) is 5.32 Å². The van der Waals surface area contributed by atoms with Gasteiger partial charge in [-0.15, -0.1) is 0 Å². The lowest BCUT2D eigenvalue weighted by Crippen LogP contribution is -2.37. The first-order valence-corrected chi connectivity index (χ1v) is 5.63. The van der Waals surface area contributed by atoms with Gasteiger partial charge in [0.05, 0.1) is 0 Å². The van der Waals surface area contributed by atoms with Gasteiger partial charge in [0.15, 0.2) is 11.5 Å². The van der Waals surface area contributed by atoms with E-state index in [4.69, 9.17) is 15.2 Å². The highest BCUT2D eigenvalue weighted by Gasteiger charge is 2.12. The number of rotatable bonds is 3. The van der Waals surface area contributed by atoms with Crippen LogP contribution >= 0.6 is 0 Å². The summed E-state index contributed by atoms with van der Waals surface area (Å²) >= 11 is 0. The van der Waals surface area contributed by atoms with Crippen molar-refractivity contribution < 1.29 is 19.1 Å². The Hall–Kier alpha value is -2.24. The summed E-state index contributed by atoms with van der Waals surface area (Å²) in [7, 11) is 0. The molecular formula is C12H14N2O4. The van der Waals surface area contributed by atoms with Crippen molar-refractivity contribution in [3.05, 3.63) is 23.8 Å². The van der Waals surface area contributed by atoms with E-state index in [1.807, 2.05) is 18.2 Å². The molecule has 0 aromatic heterocycles. The maximum Gasteiger partial charge on any atom is 0.309 e. The van der Waals surface area contributed by atoms with E-state index in [0.29, 0.717) is 31.9 Å². The average molecular weight is 250 g/mol. The minimum absolute atomic E-state index is 0.349. The van der Waals surface area contributed by atoms with E-state index in [9.17, 15) is 9.59 Å². The summed E-state index contributed by atoms with van der Waals surface area (Å²) in [5, 5.41) is 2.43. The summed E-state index contributed by atoms with van der Waals surface area (Å²) < 4.78 is 10.8. The Morgan fingerprint density at radius 2 is 1.94 bits per heavy atom. The Morgan fingerprint density at radius 3 is 2.67 bits per heavy atom. The molecule has 0 atom stereocenters. The second-order valence-electron chi connectivity index (χ2n) is 3.85. The molecule has 3 N–H and O–H groups in total. The van der Waals surface area contributed by atoms with Crippen molar-refractivity contribution in [2.75, 3.05) is 19.8 Å². The molecule has 6 nitrogen and oxygen atoms in total. The predicted octanol–water partition coefficient (Wildman–Crippen LogP) is -0.398. The number of benzene rings is 1. The zero-order chi connectivity index (χ0) is 13.0. The monoisotopic (exact) mass is 250 g/mol. The number of carbonyl (C=O) groups is 2. The zero-order valence-corrected chi connectivity index (χ0v) is 9.77. The molecule has 96 valence electrons. The quantitative estimate of drug-likeness (QED) is 0.714. The molecule has 0 spiro atoms. The van der Waals surface area contributed by atoms with E-state index in [1.165, 1.54) is 0 Å². The number of nitrogens with one attached hydrogen (secondary N) is 1. The fraction of sp³-hybridized carbons (Fsp3) is 0.333. The van der Waals surface area contributed by atoms with Gasteiger partial charge in [-0.1, -0.05) is 6.07 Å². The molecule has 1 aromatic rings. The molecular weight excluding hydrogens is 236 g/mol. The SMILES string of the molecule is NC(=O)C(=O)NCCc1ccc2c(c1)OCCO2. The molecule has 1 aliphatic rings. The van der Waals surface area contributed by atoms with Crippen LogP contribution in [-0.4, -0.2) is 31.6 Å². The van der Waals surface area contributed by atoms with E-state index in [0.717, 1.165) is 11.3 Å². The third kappa shape index (κ3) is 2.91. The maximum atomic E-state index is 10.9. The normalized spacial score (nSPS) is 12.9. The highest BCUT2D eigenvalue weighted by Crippen LogP contribution is 2.30. The van der Waals surface area contributed by atoms with Gasteiger partial charge in [0.2, 0.25) is 0 Å². The minimum Gasteiger partial charge on any atom is -0.486 e. The predicted molar refractivity (Wildman–Crippen MR) is 63.3 cm³/mol. The van der Waals surface area contributed by atoms with Crippen LogP contribution in [0.25, 0.3) is 0 Å². The van der Waals surface area contributed by atoms with Gasteiger partial charge in [-0.05, 0) is 24.1 Å². The number of nitrogens with two attached hydrogens (primary N) is 1. The standard InChI is InChI=1S/C12H14N2O4/c13-11(15)12(16)14-4-3-8-1-2-9-10(7-8)18-6-5-17-9/h1-2,7H,3-6H2,(H2,13,15)(H,14,16). The number of carbonyl (C=O) groups excluding carboxylic acids is 2. The van der Waals surface area contributed by atoms with Crippen molar-refractivity contribution in [1.29, 1.82) is 0 Å². The summed E-state index contributed by atoms with van der Waals surface area (Å²) in [5.74, 6) is -0.309. The first kappa shape index (κ1) is 12.2. The number of ether oxygens (including phenoxy) is 2. The van der Waals surface area contributed by atoms with Gasteiger partial charge in [-0.2, -0.15) is 0 Å². The fourth-order valence-corrected chi connectivity index (χ4v) is 1.65. The van der Waals surface area contributed by atoms with Crippen LogP contribution < -0.4 is 20.5 Å². The molecule has 0 saturated heterocycles. The van der Waals surface area contributed by atoms with Crippen molar-refractivity contribution >= 4 is 11.8 Å². The lowest BCUT2D eigenvalue weighted by Gasteiger charge is -2.18. The van der Waals surface area contributed by atoms with Crippen molar-refractivity contribution in [1.82, 2.24) is 5.32 Å². The smallest absolute Gasteiger partial charge is 0.309 e. The van der Waals surface area contributed by atoms with Gasteiger partial charge in [0, 0.05) is 6.54 Å². The van der Waals surface area contributed by atoms with Gasteiger partial charge >= 0.3 is 11.8 Å². The topological polar surface area (TPSA) is 90.7 Å². The molecule has 6 heteroatoms. The molecule has 2 amide bonds. The first-order chi connectivity index (χ1) is 8.66. The summed E-state index contributed by atoms with van der Waals surface area (Å²) in [6.07, 6.45) is 0.593. The van der Waals surface area contributed by atoms with E-state index in [-0.39, 0.29) is 0 Å². The van der Waals surface area contributed by atoms with Crippen molar-refractivity contribution in [2.24, 2.45) is 5.73 Å². The maximum absolute atomic E-state index is 10.9. The van der Waals surface area contributed by atoms with Crippen LogP contribution in [0.3, 0.4) is 0 Å². The highest BCUT2D eigenvalue weighted by molar-refractivity contribution is 6.34. The lowest BCUT2D eigenvalue weighted by atomic mass is 10.1. The van der Waals surface area contributed by atoms with Crippen LogP contribution in [0.2, 0.25) is 0 Å². The summed E-state index contributed by atoms with van der Waals surface area (Å²) in [5.41, 5.74) is 5.81. The Bertz CT molecular complexity index is 473. The van der Waals surface area contributed by atoms with E-state index >= 15 is 0 Å². The molecule has 0 saturated carbocycles. The molecule has 0 unspecified atom stereocenters. The number of primary amides is 1. The molecule has 0 fully saturated rings. The van der Waals surface area contributed by atoms with Gasteiger partial charge in [-0.25, -0.2) is 0 Å². The summed E-state index contributed by atoms with van der Waals surface area (Å²) in [6.45, 7) is 1.44. The molecule has 0 radical (unpaired) electrons. The zero-order valence-electron chi connectivity index (χ0n) is 9.77. The Balaban J connectivity index is 1.90. The Morgan fingerprint density at radius 1 is 1.22 bits per heavy atom. The van der Waals surface area contributed by atoms with Crippen LogP contribution in [0.15, 0.2) is 18.2 Å². The molecule has 1 aromatic carbocycles. The second kappa shape index (κ2) is 5.39. The van der Waals surface area contributed by atoms with Crippen molar-refractivity contribution in [3.8, 4) is 11.5 Å². The number of amides is 2. The van der Waals surface area contributed by atoms with Gasteiger partial charge in [0.1, 0.15) is 13.2 Å². The second-order valence-corrected chi connectivity index (χ2v) is 3.85. The van der Waals surface area contributed by atoms with Gasteiger partial charge in [0.25, 0.3) is 0 Å². The fourth-order valence-electron chi connectivity index (χ4n) is 1.65. The van der Waals surface area contributed by atoms with Gasteiger partial charge in [-0.3, -0.25) is 9.59 Å². The van der Waals surface area contributed by atoms with E-state index < -0.39 is 11.8 Å². The number of fused-ring (bicyclic) bond motifs is 1. The number of hydrogen-bond acceptors (Lipinski definition) is 4. The average Bonchev–Trinajstić information content (AvgIpc) is 2.38. The van der Waals surface area contributed by atoms with Crippen LogP contribution in [0, 0.1) is 0 Å². The third-order valence-electron chi connectivity index (χ3n) is 2.53. The van der Waals surface area contributed by atoms with Crippen molar-refractivity contribution in [2.45, 2.75) is 6.42 Å². The van der Waals surface area contributed by atoms with Crippen molar-refractivity contribution in [3.63, 3.8) is 0 Å². The van der Waals surface area contributed by atoms with Crippen LogP contribution in [-0.2, 0) is 16.0 Å². The molecule has 0 bridgehead atoms. The third-order valence-corrected chi connectivity index (χ3v) is 2.53. The molecule has 2 rings (SSSR count). The van der Waals surface area contributed by atoms with Crippen LogP contribution in [0.4, 0.5) is 0 Å². The highest BCUT2D eigenvalue weighted by atomic mass is 16.6. The minimum atomic E-state index is -0.975. The van der Waals surface area contributed by atoms with E-state index in [1.54, 1.807) is 0 Å².